The van der Waals surface area contributed by atoms with Crippen molar-refractivity contribution in [3.63, 3.8) is 0 Å². The number of rotatable bonds is 5. The third-order valence-corrected chi connectivity index (χ3v) is 3.45. The lowest BCUT2D eigenvalue weighted by atomic mass is 10.2. The Kier molecular flexibility index (Phi) is 5.19. The molecular formula is C19H16N4O3. The van der Waals surface area contributed by atoms with Gasteiger partial charge in [-0.1, -0.05) is 36.4 Å². The summed E-state index contributed by atoms with van der Waals surface area (Å²) in [5.41, 5.74) is 0.953. The highest BCUT2D eigenvalue weighted by Crippen LogP contribution is 2.17. The molecular weight excluding hydrogens is 332 g/mol. The van der Waals surface area contributed by atoms with E-state index >= 15 is 0 Å². The highest BCUT2D eigenvalue weighted by atomic mass is 16.5. The van der Waals surface area contributed by atoms with Crippen molar-refractivity contribution in [1.82, 2.24) is 9.97 Å². The SMILES string of the molecule is COc1cc(NC(=O)c2ccccc2)nc(NC(=O)c2ccccc2)n1. The van der Waals surface area contributed by atoms with E-state index < -0.39 is 0 Å². The third-order valence-electron chi connectivity index (χ3n) is 3.45. The minimum absolute atomic E-state index is 0.0292. The maximum Gasteiger partial charge on any atom is 0.258 e. The lowest BCUT2D eigenvalue weighted by Gasteiger charge is -2.09. The second kappa shape index (κ2) is 7.89. The van der Waals surface area contributed by atoms with Crippen LogP contribution in [0.25, 0.3) is 0 Å². The first-order valence-electron chi connectivity index (χ1n) is 7.81. The zero-order valence-corrected chi connectivity index (χ0v) is 14.0. The first kappa shape index (κ1) is 17.1. The Balaban J connectivity index is 1.80. The quantitative estimate of drug-likeness (QED) is 0.739. The van der Waals surface area contributed by atoms with E-state index in [1.54, 1.807) is 48.5 Å². The zero-order chi connectivity index (χ0) is 18.4. The number of carbonyl (C=O) groups excluding carboxylic acids is 2. The number of anilines is 2. The maximum atomic E-state index is 12.3. The molecule has 0 aliphatic heterocycles. The molecule has 2 amide bonds. The molecule has 0 aliphatic rings. The minimum atomic E-state index is -0.362. The van der Waals surface area contributed by atoms with Crippen LogP contribution in [0.4, 0.5) is 11.8 Å². The summed E-state index contributed by atoms with van der Waals surface area (Å²) < 4.78 is 5.12. The monoisotopic (exact) mass is 348 g/mol. The standard InChI is InChI=1S/C19H16N4O3/c1-26-16-12-15(20-17(24)13-8-4-2-5-9-13)21-19(22-16)23-18(25)14-10-6-3-7-11-14/h2-12H,1H3,(H2,20,21,22,23,24,25). The largest absolute Gasteiger partial charge is 0.481 e. The molecule has 26 heavy (non-hydrogen) atoms. The molecule has 2 aromatic carbocycles. The fourth-order valence-corrected chi connectivity index (χ4v) is 2.19. The van der Waals surface area contributed by atoms with E-state index in [0.717, 1.165) is 0 Å². The van der Waals surface area contributed by atoms with Crippen LogP contribution in [0.5, 0.6) is 5.88 Å². The molecule has 7 nitrogen and oxygen atoms in total. The Morgan fingerprint density at radius 2 is 1.35 bits per heavy atom. The minimum Gasteiger partial charge on any atom is -0.481 e. The van der Waals surface area contributed by atoms with E-state index in [9.17, 15) is 9.59 Å². The van der Waals surface area contributed by atoms with E-state index in [1.165, 1.54) is 13.2 Å². The van der Waals surface area contributed by atoms with Gasteiger partial charge in [-0.2, -0.15) is 9.97 Å². The molecule has 0 unspecified atom stereocenters. The summed E-state index contributed by atoms with van der Waals surface area (Å²) in [6.07, 6.45) is 0. The van der Waals surface area contributed by atoms with Crippen molar-refractivity contribution in [1.29, 1.82) is 0 Å². The van der Waals surface area contributed by atoms with Crippen molar-refractivity contribution >= 4 is 23.6 Å². The molecule has 3 aromatic rings. The molecule has 2 N–H and O–H groups in total. The molecule has 130 valence electrons. The van der Waals surface area contributed by atoms with Crippen LogP contribution < -0.4 is 15.4 Å². The molecule has 0 radical (unpaired) electrons. The first-order valence-corrected chi connectivity index (χ1v) is 7.81. The van der Waals surface area contributed by atoms with E-state index in [0.29, 0.717) is 11.1 Å². The smallest absolute Gasteiger partial charge is 0.258 e. The Morgan fingerprint density at radius 3 is 1.88 bits per heavy atom. The molecule has 0 spiro atoms. The van der Waals surface area contributed by atoms with Crippen molar-refractivity contribution in [2.75, 3.05) is 17.7 Å². The van der Waals surface area contributed by atoms with Gasteiger partial charge < -0.3 is 10.1 Å². The highest BCUT2D eigenvalue weighted by Gasteiger charge is 2.12. The van der Waals surface area contributed by atoms with Gasteiger partial charge in [-0.15, -0.1) is 0 Å². The highest BCUT2D eigenvalue weighted by molar-refractivity contribution is 6.05. The number of nitrogens with one attached hydrogen (secondary N) is 2. The van der Waals surface area contributed by atoms with Gasteiger partial charge in [0.1, 0.15) is 5.82 Å². The van der Waals surface area contributed by atoms with Crippen molar-refractivity contribution in [3.8, 4) is 5.88 Å². The Bertz CT molecular complexity index is 843. The molecule has 0 atom stereocenters. The van der Waals surface area contributed by atoms with Gasteiger partial charge in [0.25, 0.3) is 11.8 Å². The number of ether oxygens (including phenoxy) is 1. The van der Waals surface area contributed by atoms with Gasteiger partial charge in [-0.05, 0) is 24.3 Å². The average molecular weight is 348 g/mol. The molecule has 0 saturated heterocycles. The fraction of sp³-hybridized carbons (Fsp3) is 0.0526. The van der Waals surface area contributed by atoms with Crippen molar-refractivity contribution in [3.05, 3.63) is 77.9 Å². The van der Waals surface area contributed by atoms with Gasteiger partial charge in [0.2, 0.25) is 11.8 Å². The summed E-state index contributed by atoms with van der Waals surface area (Å²) in [7, 11) is 1.44. The summed E-state index contributed by atoms with van der Waals surface area (Å²) >= 11 is 0. The van der Waals surface area contributed by atoms with Gasteiger partial charge in [-0.3, -0.25) is 14.9 Å². The molecule has 0 aliphatic carbocycles. The maximum absolute atomic E-state index is 12.3. The van der Waals surface area contributed by atoms with Crippen LogP contribution in [-0.4, -0.2) is 28.9 Å². The number of nitrogens with zero attached hydrogens (tertiary/aromatic N) is 2. The summed E-state index contributed by atoms with van der Waals surface area (Å²) in [4.78, 5) is 32.8. The first-order chi connectivity index (χ1) is 12.7. The van der Waals surface area contributed by atoms with E-state index in [2.05, 4.69) is 20.6 Å². The molecule has 0 bridgehead atoms. The zero-order valence-electron chi connectivity index (χ0n) is 14.0. The number of amides is 2. The van der Waals surface area contributed by atoms with Gasteiger partial charge in [0.05, 0.1) is 7.11 Å². The van der Waals surface area contributed by atoms with E-state index in [-0.39, 0.29) is 29.5 Å². The van der Waals surface area contributed by atoms with Crippen LogP contribution in [0.2, 0.25) is 0 Å². The van der Waals surface area contributed by atoms with Crippen molar-refractivity contribution < 1.29 is 14.3 Å². The molecule has 3 rings (SSSR count). The predicted octanol–water partition coefficient (Wildman–Crippen LogP) is 2.99. The number of hydrogen-bond acceptors (Lipinski definition) is 5. The van der Waals surface area contributed by atoms with Gasteiger partial charge in [-0.25, -0.2) is 0 Å². The number of methoxy groups -OCH3 is 1. The topological polar surface area (TPSA) is 93.2 Å². The molecule has 0 fully saturated rings. The lowest BCUT2D eigenvalue weighted by Crippen LogP contribution is -2.17. The summed E-state index contributed by atoms with van der Waals surface area (Å²) in [5, 5.41) is 5.26. The van der Waals surface area contributed by atoms with Crippen molar-refractivity contribution in [2.24, 2.45) is 0 Å². The molecule has 1 aromatic heterocycles. The Labute approximate surface area is 150 Å². The normalized spacial score (nSPS) is 10.0. The second-order valence-electron chi connectivity index (χ2n) is 5.26. The van der Waals surface area contributed by atoms with Gasteiger partial charge in [0.15, 0.2) is 0 Å². The average Bonchev–Trinajstić information content (AvgIpc) is 2.69. The second-order valence-corrected chi connectivity index (χ2v) is 5.26. The van der Waals surface area contributed by atoms with Crippen LogP contribution in [0.15, 0.2) is 66.7 Å². The fourth-order valence-electron chi connectivity index (χ4n) is 2.19. The summed E-state index contributed by atoms with van der Waals surface area (Å²) in [6, 6.07) is 18.9. The van der Waals surface area contributed by atoms with Gasteiger partial charge in [0, 0.05) is 17.2 Å². The number of aromatic nitrogens is 2. The number of carbonyl (C=O) groups is 2. The number of hydrogen-bond donors (Lipinski definition) is 2. The van der Waals surface area contributed by atoms with Crippen LogP contribution in [0.3, 0.4) is 0 Å². The predicted molar refractivity (Wildman–Crippen MR) is 97.4 cm³/mol. The number of benzene rings is 2. The van der Waals surface area contributed by atoms with Crippen LogP contribution in [0.1, 0.15) is 20.7 Å². The van der Waals surface area contributed by atoms with Crippen LogP contribution in [0, 0.1) is 0 Å². The Morgan fingerprint density at radius 1 is 0.808 bits per heavy atom. The molecule has 1 heterocycles. The van der Waals surface area contributed by atoms with E-state index in [1.807, 2.05) is 12.1 Å². The van der Waals surface area contributed by atoms with Crippen LogP contribution >= 0.6 is 0 Å². The summed E-state index contributed by atoms with van der Waals surface area (Å²) in [5.74, 6) is -0.228. The lowest BCUT2D eigenvalue weighted by molar-refractivity contribution is 0.101. The van der Waals surface area contributed by atoms with Crippen LogP contribution in [-0.2, 0) is 0 Å². The van der Waals surface area contributed by atoms with E-state index in [4.69, 9.17) is 4.74 Å². The Hall–Kier alpha value is -3.74. The molecule has 0 saturated carbocycles. The van der Waals surface area contributed by atoms with Gasteiger partial charge >= 0.3 is 0 Å². The third kappa shape index (κ3) is 4.21. The van der Waals surface area contributed by atoms with Crippen molar-refractivity contribution in [2.45, 2.75) is 0 Å². The summed E-state index contributed by atoms with van der Waals surface area (Å²) in [6.45, 7) is 0. The molecule has 7 heteroatoms.